The second kappa shape index (κ2) is 2.21. The average Bonchev–Trinajstić information content (AvgIpc) is 2.43. The minimum atomic E-state index is 0.431. The fourth-order valence-electron chi connectivity index (χ4n) is 6.07. The van der Waals surface area contributed by atoms with Crippen LogP contribution in [0.1, 0.15) is 44.9 Å². The van der Waals surface area contributed by atoms with Gasteiger partial charge in [-0.2, -0.15) is 0 Å². The van der Waals surface area contributed by atoms with Crippen LogP contribution >= 0.6 is 0 Å². The van der Waals surface area contributed by atoms with Crippen LogP contribution in [0.2, 0.25) is 0 Å². The van der Waals surface area contributed by atoms with Crippen molar-refractivity contribution in [3.8, 4) is 0 Å². The molecule has 0 aliphatic heterocycles. The molecule has 0 radical (unpaired) electrons. The van der Waals surface area contributed by atoms with E-state index in [0.29, 0.717) is 12.0 Å². The van der Waals surface area contributed by atoms with Crippen molar-refractivity contribution in [2.24, 2.45) is 28.6 Å². The molecule has 4 aliphatic carbocycles. The van der Waals surface area contributed by atoms with E-state index in [-0.39, 0.29) is 0 Å². The van der Waals surface area contributed by atoms with Crippen molar-refractivity contribution in [3.63, 3.8) is 0 Å². The molecule has 4 rings (SSSR count). The van der Waals surface area contributed by atoms with Gasteiger partial charge in [0.05, 0.1) is 0 Å². The number of aliphatic hydroxyl groups excluding tert-OH is 1. The van der Waals surface area contributed by atoms with Gasteiger partial charge in [0.25, 0.3) is 0 Å². The third-order valence-electron chi connectivity index (χ3n) is 6.23. The lowest BCUT2D eigenvalue weighted by molar-refractivity contribution is -0.00377. The van der Waals surface area contributed by atoms with Crippen molar-refractivity contribution in [3.05, 3.63) is 0 Å². The van der Waals surface area contributed by atoms with Gasteiger partial charge in [-0.3, -0.25) is 0 Å². The van der Waals surface area contributed by atoms with E-state index >= 15 is 0 Å². The molecule has 0 heterocycles. The van der Waals surface area contributed by atoms with Crippen molar-refractivity contribution in [2.45, 2.75) is 44.9 Å². The van der Waals surface area contributed by atoms with Gasteiger partial charge in [-0.15, -0.1) is 0 Å². The molecule has 4 fully saturated rings. The first kappa shape index (κ1) is 8.15. The number of fused-ring (bicyclic) bond motifs is 2. The molecule has 3 bridgehead atoms. The molecule has 0 aromatic heterocycles. The maximum Gasteiger partial charge on any atom is 0.0436 e. The van der Waals surface area contributed by atoms with Crippen molar-refractivity contribution in [1.29, 1.82) is 0 Å². The van der Waals surface area contributed by atoms with Gasteiger partial charge in [0, 0.05) is 6.61 Å². The second-order valence-corrected chi connectivity index (χ2v) is 6.73. The quantitative estimate of drug-likeness (QED) is 0.713. The van der Waals surface area contributed by atoms with Crippen LogP contribution in [0, 0.1) is 28.6 Å². The predicted molar refractivity (Wildman–Crippen MR) is 54.7 cm³/mol. The van der Waals surface area contributed by atoms with Crippen molar-refractivity contribution in [2.75, 3.05) is 6.61 Å². The Morgan fingerprint density at radius 2 is 2.00 bits per heavy atom. The summed E-state index contributed by atoms with van der Waals surface area (Å²) in [5, 5.41) is 9.22. The first-order chi connectivity index (χ1) is 6.76. The highest BCUT2D eigenvalue weighted by molar-refractivity contribution is 5.19. The highest BCUT2D eigenvalue weighted by Crippen LogP contribution is 2.79. The maximum atomic E-state index is 9.22. The van der Waals surface area contributed by atoms with Crippen molar-refractivity contribution in [1.82, 2.24) is 0 Å². The number of rotatable bonds is 2. The van der Waals surface area contributed by atoms with E-state index in [1.807, 2.05) is 0 Å². The van der Waals surface area contributed by atoms with Crippen LogP contribution in [0.4, 0.5) is 0 Å². The monoisotopic (exact) mass is 192 g/mol. The zero-order chi connectivity index (χ0) is 9.39. The zero-order valence-electron chi connectivity index (χ0n) is 8.84. The largest absolute Gasteiger partial charge is 0.396 e. The van der Waals surface area contributed by atoms with E-state index in [1.54, 1.807) is 19.3 Å². The molecule has 5 unspecified atom stereocenters. The Kier molecular flexibility index (Phi) is 1.29. The number of hydrogen-bond donors (Lipinski definition) is 1. The summed E-state index contributed by atoms with van der Waals surface area (Å²) in [6.07, 6.45) is 10.2. The van der Waals surface area contributed by atoms with E-state index in [2.05, 4.69) is 0 Å². The highest BCUT2D eigenvalue weighted by Gasteiger charge is 2.70. The average molecular weight is 192 g/mol. The summed E-state index contributed by atoms with van der Waals surface area (Å²) in [6, 6.07) is 0. The SMILES string of the molecule is OCCC12CC3CC4CC(C1)C4(C3)C2. The highest BCUT2D eigenvalue weighted by atomic mass is 16.3. The lowest BCUT2D eigenvalue weighted by Gasteiger charge is -2.49. The summed E-state index contributed by atoms with van der Waals surface area (Å²) < 4.78 is 0. The Bertz CT molecular complexity index is 283. The Hall–Kier alpha value is -0.0400. The smallest absolute Gasteiger partial charge is 0.0436 e. The molecule has 14 heavy (non-hydrogen) atoms. The summed E-state index contributed by atoms with van der Waals surface area (Å²) in [7, 11) is 0. The van der Waals surface area contributed by atoms with Crippen molar-refractivity contribution < 1.29 is 5.11 Å². The maximum absolute atomic E-state index is 9.22. The van der Waals surface area contributed by atoms with Gasteiger partial charge >= 0.3 is 0 Å². The van der Waals surface area contributed by atoms with Crippen LogP contribution in [0.25, 0.3) is 0 Å². The molecule has 1 heteroatoms. The lowest BCUT2D eigenvalue weighted by Crippen LogP contribution is -2.41. The molecule has 78 valence electrons. The standard InChI is InChI=1S/C13H20O/c14-2-1-12-5-9-3-10-4-11(7-12)13(10,6-9)8-12/h9-11,14H,1-8H2. The summed E-state index contributed by atoms with van der Waals surface area (Å²) in [4.78, 5) is 0. The second-order valence-electron chi connectivity index (χ2n) is 6.73. The summed E-state index contributed by atoms with van der Waals surface area (Å²) in [6.45, 7) is 0.431. The number of aliphatic hydroxyl groups is 1. The van der Waals surface area contributed by atoms with Crippen LogP contribution in [0.15, 0.2) is 0 Å². The third kappa shape index (κ3) is 0.711. The first-order valence-corrected chi connectivity index (χ1v) is 6.37. The van der Waals surface area contributed by atoms with Crippen LogP contribution in [0.3, 0.4) is 0 Å². The molecule has 4 saturated carbocycles. The Labute approximate surface area is 85.9 Å². The van der Waals surface area contributed by atoms with E-state index in [9.17, 15) is 5.11 Å². The van der Waals surface area contributed by atoms with Gasteiger partial charge in [0.15, 0.2) is 0 Å². The molecule has 4 aliphatic rings. The Morgan fingerprint density at radius 1 is 1.07 bits per heavy atom. The summed E-state index contributed by atoms with van der Waals surface area (Å²) in [5.74, 6) is 3.24. The van der Waals surface area contributed by atoms with Crippen molar-refractivity contribution >= 4 is 0 Å². The molecule has 0 aromatic carbocycles. The fraction of sp³-hybridized carbons (Fsp3) is 1.00. The fourth-order valence-corrected chi connectivity index (χ4v) is 6.07. The molecule has 1 nitrogen and oxygen atoms in total. The predicted octanol–water partition coefficient (Wildman–Crippen LogP) is 2.59. The molecule has 0 aromatic rings. The van der Waals surface area contributed by atoms with Crippen LogP contribution in [0.5, 0.6) is 0 Å². The normalized spacial score (nSPS) is 62.8. The molecular formula is C13H20O. The van der Waals surface area contributed by atoms with Crippen LogP contribution in [-0.2, 0) is 0 Å². The minimum Gasteiger partial charge on any atom is -0.396 e. The van der Waals surface area contributed by atoms with Crippen LogP contribution < -0.4 is 0 Å². The molecule has 1 N–H and O–H groups in total. The van der Waals surface area contributed by atoms with Gasteiger partial charge in [0.1, 0.15) is 0 Å². The summed E-state index contributed by atoms with van der Waals surface area (Å²) >= 11 is 0. The van der Waals surface area contributed by atoms with Gasteiger partial charge in [-0.1, -0.05) is 0 Å². The van der Waals surface area contributed by atoms with Gasteiger partial charge in [0.2, 0.25) is 0 Å². The van der Waals surface area contributed by atoms with Crippen LogP contribution in [-0.4, -0.2) is 11.7 Å². The van der Waals surface area contributed by atoms with Gasteiger partial charge < -0.3 is 5.11 Å². The van der Waals surface area contributed by atoms with Gasteiger partial charge in [-0.05, 0) is 73.5 Å². The molecule has 1 spiro atoms. The van der Waals surface area contributed by atoms with E-state index in [4.69, 9.17) is 0 Å². The topological polar surface area (TPSA) is 20.2 Å². The zero-order valence-corrected chi connectivity index (χ0v) is 8.84. The molecular weight excluding hydrogens is 172 g/mol. The first-order valence-electron chi connectivity index (χ1n) is 6.37. The van der Waals surface area contributed by atoms with E-state index in [1.165, 1.54) is 19.3 Å². The molecule has 0 amide bonds. The van der Waals surface area contributed by atoms with E-state index < -0.39 is 0 Å². The van der Waals surface area contributed by atoms with E-state index in [0.717, 1.165) is 29.6 Å². The Balaban J connectivity index is 1.74. The molecule has 0 saturated heterocycles. The summed E-state index contributed by atoms with van der Waals surface area (Å²) in [5.41, 5.74) is 1.42. The third-order valence-corrected chi connectivity index (χ3v) is 6.23. The number of hydrogen-bond acceptors (Lipinski definition) is 1. The lowest BCUT2D eigenvalue weighted by atomic mass is 9.55. The Morgan fingerprint density at radius 3 is 2.86 bits per heavy atom. The minimum absolute atomic E-state index is 0.431. The molecule has 5 atom stereocenters. The van der Waals surface area contributed by atoms with Gasteiger partial charge in [-0.25, -0.2) is 0 Å².